The van der Waals surface area contributed by atoms with E-state index in [0.29, 0.717) is 28.4 Å². The van der Waals surface area contributed by atoms with Gasteiger partial charge in [-0.1, -0.05) is 32.9 Å². The van der Waals surface area contributed by atoms with Crippen molar-refractivity contribution in [1.29, 1.82) is 0 Å². The van der Waals surface area contributed by atoms with Crippen LogP contribution in [0.15, 0.2) is 42.5 Å². The highest BCUT2D eigenvalue weighted by Crippen LogP contribution is 2.33. The van der Waals surface area contributed by atoms with Gasteiger partial charge in [0.05, 0.1) is 14.2 Å². The Kier molecular flexibility index (Phi) is 6.27. The molecular weight excluding hydrogens is 332 g/mol. The molecule has 0 aromatic heterocycles. The van der Waals surface area contributed by atoms with Crippen molar-refractivity contribution in [1.82, 2.24) is 0 Å². The first-order valence-electron chi connectivity index (χ1n) is 8.42. The van der Waals surface area contributed by atoms with E-state index in [9.17, 15) is 9.90 Å². The molecule has 2 aromatic rings. The lowest BCUT2D eigenvalue weighted by Crippen LogP contribution is -2.26. The number of carbonyl (C=O) groups is 1. The molecule has 1 atom stereocenters. The maximum absolute atomic E-state index is 11.9. The summed E-state index contributed by atoms with van der Waals surface area (Å²) in [7, 11) is 3.13. The first-order chi connectivity index (χ1) is 12.3. The maximum atomic E-state index is 11.9. The van der Waals surface area contributed by atoms with Gasteiger partial charge in [-0.15, -0.1) is 0 Å². The Labute approximate surface area is 154 Å². The van der Waals surface area contributed by atoms with E-state index in [1.54, 1.807) is 56.7 Å². The number of ether oxygens (including phenoxy) is 3. The highest BCUT2D eigenvalue weighted by molar-refractivity contribution is 5.85. The number of Topliss-reactive ketones (excluding diaryl/α,β-unsaturated/α-hetero) is 1. The number of rotatable bonds is 7. The fourth-order valence-electron chi connectivity index (χ4n) is 2.34. The number of methoxy groups -OCH3 is 2. The molecule has 0 spiro atoms. The third-order valence-electron chi connectivity index (χ3n) is 4.14. The predicted octanol–water partition coefficient (Wildman–Crippen LogP) is 3.78. The summed E-state index contributed by atoms with van der Waals surface area (Å²) in [5.41, 5.74) is 0.911. The van der Waals surface area contributed by atoms with Crippen LogP contribution in [-0.4, -0.2) is 31.7 Å². The van der Waals surface area contributed by atoms with Gasteiger partial charge in [0.1, 0.15) is 30.0 Å². The monoisotopic (exact) mass is 358 g/mol. The van der Waals surface area contributed by atoms with Crippen molar-refractivity contribution >= 4 is 5.78 Å². The minimum Gasteiger partial charge on any atom is -0.497 e. The molecule has 2 rings (SSSR count). The number of carbonyl (C=O) groups excluding carboxylic acids is 1. The largest absolute Gasteiger partial charge is 0.497 e. The Morgan fingerprint density at radius 3 is 2.15 bits per heavy atom. The second-order valence-electron chi connectivity index (χ2n) is 7.04. The average Bonchev–Trinajstić information content (AvgIpc) is 2.64. The zero-order valence-corrected chi connectivity index (χ0v) is 15.9. The molecule has 5 heteroatoms. The number of hydrogen-bond acceptors (Lipinski definition) is 5. The average molecular weight is 358 g/mol. The highest BCUT2D eigenvalue weighted by atomic mass is 16.5. The van der Waals surface area contributed by atoms with Crippen LogP contribution in [0, 0.1) is 5.41 Å². The van der Waals surface area contributed by atoms with Crippen LogP contribution in [0.4, 0.5) is 0 Å². The van der Waals surface area contributed by atoms with Crippen LogP contribution in [0.3, 0.4) is 0 Å². The molecule has 0 amide bonds. The normalized spacial score (nSPS) is 12.4. The van der Waals surface area contributed by atoms with Crippen molar-refractivity contribution in [2.45, 2.75) is 26.9 Å². The lowest BCUT2D eigenvalue weighted by molar-refractivity contribution is -0.128. The molecule has 0 heterocycles. The number of benzene rings is 2. The zero-order chi connectivity index (χ0) is 19.3. The van der Waals surface area contributed by atoms with Crippen molar-refractivity contribution in [2.75, 3.05) is 20.8 Å². The summed E-state index contributed by atoms with van der Waals surface area (Å²) in [5.74, 6) is 1.82. The van der Waals surface area contributed by atoms with Crippen LogP contribution in [0.1, 0.15) is 38.0 Å². The van der Waals surface area contributed by atoms with E-state index in [2.05, 4.69) is 0 Å². The first-order valence-corrected chi connectivity index (χ1v) is 8.42. The van der Waals surface area contributed by atoms with Crippen LogP contribution >= 0.6 is 0 Å². The summed E-state index contributed by atoms with van der Waals surface area (Å²) in [5, 5.41) is 10.7. The third kappa shape index (κ3) is 4.76. The van der Waals surface area contributed by atoms with E-state index < -0.39 is 11.5 Å². The first kappa shape index (κ1) is 19.8. The van der Waals surface area contributed by atoms with E-state index in [1.165, 1.54) is 0 Å². The minimum absolute atomic E-state index is 0.0255. The third-order valence-corrected chi connectivity index (χ3v) is 4.14. The van der Waals surface area contributed by atoms with Crippen LogP contribution in [0.2, 0.25) is 0 Å². The number of aliphatic hydroxyl groups is 1. The number of aliphatic hydroxyl groups excluding tert-OH is 1. The van der Waals surface area contributed by atoms with E-state index >= 15 is 0 Å². The molecule has 0 saturated carbocycles. The minimum atomic E-state index is -0.846. The quantitative estimate of drug-likeness (QED) is 0.816. The van der Waals surface area contributed by atoms with E-state index in [-0.39, 0.29) is 12.4 Å². The van der Waals surface area contributed by atoms with Crippen LogP contribution in [-0.2, 0) is 4.79 Å². The standard InChI is InChI=1S/C21H26O5/c1-21(2,3)19(22)13-26-15-8-6-14(7-9-15)20(23)17-11-10-16(24-4)12-18(17)25-5/h6-12,20,23H,13H2,1-5H3. The molecular formula is C21H26O5. The molecule has 2 aromatic carbocycles. The van der Waals surface area contributed by atoms with Gasteiger partial charge in [-0.25, -0.2) is 0 Å². The molecule has 140 valence electrons. The summed E-state index contributed by atoms with van der Waals surface area (Å²) < 4.78 is 16.1. The van der Waals surface area contributed by atoms with E-state index in [1.807, 2.05) is 20.8 Å². The van der Waals surface area contributed by atoms with Crippen molar-refractivity contribution in [3.8, 4) is 17.2 Å². The Hall–Kier alpha value is -2.53. The molecule has 0 fully saturated rings. The maximum Gasteiger partial charge on any atom is 0.175 e. The van der Waals surface area contributed by atoms with Gasteiger partial charge in [0.2, 0.25) is 0 Å². The second-order valence-corrected chi connectivity index (χ2v) is 7.04. The van der Waals surface area contributed by atoms with Crippen molar-refractivity contribution in [3.63, 3.8) is 0 Å². The second kappa shape index (κ2) is 8.23. The van der Waals surface area contributed by atoms with Crippen molar-refractivity contribution in [3.05, 3.63) is 53.6 Å². The summed E-state index contributed by atoms with van der Waals surface area (Å²) in [6.07, 6.45) is -0.846. The van der Waals surface area contributed by atoms with Crippen LogP contribution in [0.5, 0.6) is 17.2 Å². The fourth-order valence-corrected chi connectivity index (χ4v) is 2.34. The Morgan fingerprint density at radius 2 is 1.62 bits per heavy atom. The smallest absolute Gasteiger partial charge is 0.175 e. The van der Waals surface area contributed by atoms with Gasteiger partial charge in [-0.2, -0.15) is 0 Å². The van der Waals surface area contributed by atoms with Crippen molar-refractivity contribution in [2.24, 2.45) is 5.41 Å². The lowest BCUT2D eigenvalue weighted by atomic mass is 9.91. The van der Waals surface area contributed by atoms with Gasteiger partial charge in [0.25, 0.3) is 0 Å². The van der Waals surface area contributed by atoms with E-state index in [4.69, 9.17) is 14.2 Å². The van der Waals surface area contributed by atoms with E-state index in [0.717, 1.165) is 0 Å². The molecule has 0 saturated heterocycles. The highest BCUT2D eigenvalue weighted by Gasteiger charge is 2.21. The fraction of sp³-hybridized carbons (Fsp3) is 0.381. The summed E-state index contributed by atoms with van der Waals surface area (Å²) in [6, 6.07) is 12.3. The van der Waals surface area contributed by atoms with Gasteiger partial charge in [0.15, 0.2) is 5.78 Å². The molecule has 0 radical (unpaired) electrons. The Balaban J connectivity index is 2.11. The van der Waals surface area contributed by atoms with Gasteiger partial charge in [-0.3, -0.25) is 4.79 Å². The lowest BCUT2D eigenvalue weighted by Gasteiger charge is -2.18. The predicted molar refractivity (Wildman–Crippen MR) is 100 cm³/mol. The number of hydrogen-bond donors (Lipinski definition) is 1. The molecule has 5 nitrogen and oxygen atoms in total. The van der Waals surface area contributed by atoms with Gasteiger partial charge < -0.3 is 19.3 Å². The van der Waals surface area contributed by atoms with Gasteiger partial charge in [0, 0.05) is 17.0 Å². The molecule has 0 aliphatic rings. The zero-order valence-electron chi connectivity index (χ0n) is 15.9. The molecule has 26 heavy (non-hydrogen) atoms. The summed E-state index contributed by atoms with van der Waals surface area (Å²) in [4.78, 5) is 11.9. The molecule has 1 unspecified atom stereocenters. The topological polar surface area (TPSA) is 65.0 Å². The SMILES string of the molecule is COc1ccc(C(O)c2ccc(OCC(=O)C(C)(C)C)cc2)c(OC)c1. The summed E-state index contributed by atoms with van der Waals surface area (Å²) in [6.45, 7) is 5.61. The Bertz CT molecular complexity index is 744. The van der Waals surface area contributed by atoms with Crippen LogP contribution in [0.25, 0.3) is 0 Å². The molecule has 1 N–H and O–H groups in total. The molecule has 0 bridgehead atoms. The van der Waals surface area contributed by atoms with Crippen molar-refractivity contribution < 1.29 is 24.1 Å². The Morgan fingerprint density at radius 1 is 1.00 bits per heavy atom. The summed E-state index contributed by atoms with van der Waals surface area (Å²) >= 11 is 0. The number of ketones is 1. The van der Waals surface area contributed by atoms with Gasteiger partial charge >= 0.3 is 0 Å². The molecule has 0 aliphatic heterocycles. The van der Waals surface area contributed by atoms with Crippen LogP contribution < -0.4 is 14.2 Å². The van der Waals surface area contributed by atoms with Gasteiger partial charge in [-0.05, 0) is 29.8 Å². The molecule has 0 aliphatic carbocycles.